The van der Waals surface area contributed by atoms with Crippen LogP contribution in [0, 0.1) is 12.8 Å². The van der Waals surface area contributed by atoms with Crippen LogP contribution < -0.4 is 15.6 Å². The molecule has 2 fully saturated rings. The average Bonchev–Trinajstić information content (AvgIpc) is 3.24. The molecule has 2 aromatic carbocycles. The number of hydrogen-bond donors (Lipinski definition) is 3. The lowest BCUT2D eigenvalue weighted by molar-refractivity contribution is -0.130. The Hall–Kier alpha value is -2.83. The zero-order valence-electron chi connectivity index (χ0n) is 16.8. The first-order valence-corrected chi connectivity index (χ1v) is 9.99. The van der Waals surface area contributed by atoms with Crippen molar-refractivity contribution in [2.24, 2.45) is 5.92 Å². The van der Waals surface area contributed by atoms with Crippen LogP contribution >= 0.6 is 0 Å². The molecule has 2 heterocycles. The lowest BCUT2D eigenvalue weighted by atomic mass is 9.82. The Kier molecular flexibility index (Phi) is 5.30. The quantitative estimate of drug-likeness (QED) is 0.658. The first kappa shape index (κ1) is 19.5. The van der Waals surface area contributed by atoms with Gasteiger partial charge in [-0.05, 0) is 37.6 Å². The predicted molar refractivity (Wildman–Crippen MR) is 111 cm³/mol. The van der Waals surface area contributed by atoms with Gasteiger partial charge in [-0.15, -0.1) is 6.58 Å². The molecule has 1 amide bonds. The molecule has 0 radical (unpaired) electrons. The lowest BCUT2D eigenvalue weighted by Gasteiger charge is -2.31. The summed E-state index contributed by atoms with van der Waals surface area (Å²) in [4.78, 5) is 15.0. The van der Waals surface area contributed by atoms with Crippen LogP contribution in [0.1, 0.15) is 35.7 Å². The summed E-state index contributed by atoms with van der Waals surface area (Å²) in [6.45, 7) is 8.83. The number of carbonyl (C=O) groups is 1. The molecule has 0 spiro atoms. The van der Waals surface area contributed by atoms with Gasteiger partial charge in [0.2, 0.25) is 5.91 Å². The summed E-state index contributed by atoms with van der Waals surface area (Å²) in [5.74, 6) is 0.955. The maximum Gasteiger partial charge on any atom is 0.242 e. The number of aryl methyl sites for hydroxylation is 1. The molecule has 152 valence electrons. The van der Waals surface area contributed by atoms with Gasteiger partial charge in [-0.3, -0.25) is 4.79 Å². The monoisotopic (exact) mass is 393 g/mol. The molecule has 3 N–H and O–H groups in total. The van der Waals surface area contributed by atoms with Crippen molar-refractivity contribution in [1.82, 2.24) is 15.8 Å². The van der Waals surface area contributed by atoms with E-state index in [1.807, 2.05) is 55.1 Å². The van der Waals surface area contributed by atoms with Gasteiger partial charge in [0.25, 0.3) is 0 Å². The summed E-state index contributed by atoms with van der Waals surface area (Å²) in [5, 5.41) is 10.5. The lowest BCUT2D eigenvalue weighted by Crippen LogP contribution is -2.41. The Labute approximate surface area is 171 Å². The minimum Gasteiger partial charge on any atom is -0.508 e. The van der Waals surface area contributed by atoms with E-state index in [2.05, 4.69) is 17.4 Å². The van der Waals surface area contributed by atoms with Crippen molar-refractivity contribution in [1.29, 1.82) is 0 Å². The second kappa shape index (κ2) is 7.89. The number of nitrogens with one attached hydrogen (secondary N) is 2. The van der Waals surface area contributed by atoms with Gasteiger partial charge in [-0.25, -0.2) is 10.9 Å². The van der Waals surface area contributed by atoms with E-state index in [1.54, 1.807) is 12.1 Å². The third-order valence-corrected chi connectivity index (χ3v) is 5.77. The van der Waals surface area contributed by atoms with Gasteiger partial charge in [0, 0.05) is 18.0 Å². The third kappa shape index (κ3) is 3.39. The summed E-state index contributed by atoms with van der Waals surface area (Å²) in [6, 6.07) is 12.7. The third-order valence-electron chi connectivity index (χ3n) is 5.77. The highest BCUT2D eigenvalue weighted by Gasteiger charge is 2.55. The molecular formula is C23H27N3O3. The van der Waals surface area contributed by atoms with Gasteiger partial charge in [-0.1, -0.05) is 35.9 Å². The van der Waals surface area contributed by atoms with E-state index < -0.39 is 0 Å². The van der Waals surface area contributed by atoms with Crippen LogP contribution in [0.3, 0.4) is 0 Å². The van der Waals surface area contributed by atoms with Gasteiger partial charge < -0.3 is 14.7 Å². The Bertz CT molecular complexity index is 929. The summed E-state index contributed by atoms with van der Waals surface area (Å²) < 4.78 is 5.69. The van der Waals surface area contributed by atoms with Gasteiger partial charge in [0.1, 0.15) is 17.5 Å². The molecule has 2 aromatic rings. The smallest absolute Gasteiger partial charge is 0.242 e. The fraction of sp³-hybridized carbons (Fsp3) is 0.348. The van der Waals surface area contributed by atoms with E-state index in [1.165, 1.54) is 0 Å². The molecule has 4 unspecified atom stereocenters. The van der Waals surface area contributed by atoms with Crippen LogP contribution in [-0.2, 0) is 4.79 Å². The second-order valence-corrected chi connectivity index (χ2v) is 7.61. The van der Waals surface area contributed by atoms with Gasteiger partial charge in [-0.2, -0.15) is 0 Å². The molecule has 2 aliphatic rings. The molecule has 0 bridgehead atoms. The molecule has 29 heavy (non-hydrogen) atoms. The van der Waals surface area contributed by atoms with Crippen molar-refractivity contribution in [3.05, 3.63) is 71.8 Å². The minimum atomic E-state index is -0.374. The van der Waals surface area contributed by atoms with Crippen LogP contribution in [0.25, 0.3) is 0 Å². The molecular weight excluding hydrogens is 366 g/mol. The number of benzene rings is 2. The zero-order valence-corrected chi connectivity index (χ0v) is 16.8. The van der Waals surface area contributed by atoms with Crippen LogP contribution in [0.4, 0.5) is 0 Å². The van der Waals surface area contributed by atoms with E-state index in [4.69, 9.17) is 4.74 Å². The Morgan fingerprint density at radius 1 is 1.21 bits per heavy atom. The average molecular weight is 393 g/mol. The number of hydrogen-bond acceptors (Lipinski definition) is 5. The fourth-order valence-corrected chi connectivity index (χ4v) is 4.59. The molecule has 4 atom stereocenters. The van der Waals surface area contributed by atoms with Crippen LogP contribution in [-0.4, -0.2) is 35.1 Å². The Morgan fingerprint density at radius 2 is 2.00 bits per heavy atom. The number of phenols is 1. The fourth-order valence-electron chi connectivity index (χ4n) is 4.59. The van der Waals surface area contributed by atoms with Gasteiger partial charge in [0.15, 0.2) is 0 Å². The molecule has 6 heteroatoms. The summed E-state index contributed by atoms with van der Waals surface area (Å²) in [6.07, 6.45) is 1.75. The number of carbonyl (C=O) groups excluding carboxylic acids is 1. The number of fused-ring (bicyclic) bond motifs is 1. The van der Waals surface area contributed by atoms with E-state index in [0.717, 1.165) is 22.4 Å². The summed E-state index contributed by atoms with van der Waals surface area (Å²) in [7, 11) is 0. The standard InChI is InChI=1S/C23H27N3O3/c1-4-11-26-22(15-7-6-8-16(13-15)29-5-2)19-20(24-25-21(19)23(26)28)17-12-14(3)9-10-18(17)27/h4,6-10,12-13,19-22,24-25,27H,1,5,11H2,2-3H3. The van der Waals surface area contributed by atoms with E-state index in [0.29, 0.717) is 13.2 Å². The van der Waals surface area contributed by atoms with Gasteiger partial charge in [0.05, 0.1) is 18.7 Å². The predicted octanol–water partition coefficient (Wildman–Crippen LogP) is 3.00. The molecule has 4 rings (SSSR count). The van der Waals surface area contributed by atoms with E-state index in [-0.39, 0.29) is 35.7 Å². The van der Waals surface area contributed by atoms with Crippen molar-refractivity contribution >= 4 is 5.91 Å². The van der Waals surface area contributed by atoms with Gasteiger partial charge >= 0.3 is 0 Å². The number of aromatic hydroxyl groups is 1. The Balaban J connectivity index is 1.79. The van der Waals surface area contributed by atoms with Crippen molar-refractivity contribution in [3.63, 3.8) is 0 Å². The van der Waals surface area contributed by atoms with Crippen molar-refractivity contribution < 1.29 is 14.6 Å². The van der Waals surface area contributed by atoms with Crippen molar-refractivity contribution in [3.8, 4) is 11.5 Å². The van der Waals surface area contributed by atoms with Crippen LogP contribution in [0.5, 0.6) is 11.5 Å². The number of likely N-dealkylation sites (tertiary alicyclic amines) is 1. The van der Waals surface area contributed by atoms with E-state index in [9.17, 15) is 9.90 Å². The maximum atomic E-state index is 13.2. The minimum absolute atomic E-state index is 0.0313. The number of rotatable bonds is 6. The second-order valence-electron chi connectivity index (χ2n) is 7.61. The first-order valence-electron chi connectivity index (χ1n) is 9.99. The summed E-state index contributed by atoms with van der Waals surface area (Å²) in [5.41, 5.74) is 9.31. The molecule has 2 aliphatic heterocycles. The SMILES string of the molecule is C=CCN1C(=O)C2NNC(c3cc(C)ccc3O)C2C1c1cccc(OCC)c1. The zero-order chi connectivity index (χ0) is 20.5. The first-order chi connectivity index (χ1) is 14.0. The molecule has 6 nitrogen and oxygen atoms in total. The van der Waals surface area contributed by atoms with Crippen LogP contribution in [0.2, 0.25) is 0 Å². The van der Waals surface area contributed by atoms with E-state index >= 15 is 0 Å². The topological polar surface area (TPSA) is 73.8 Å². The molecule has 2 saturated heterocycles. The van der Waals surface area contributed by atoms with Crippen molar-refractivity contribution in [2.45, 2.75) is 32.0 Å². The highest BCUT2D eigenvalue weighted by atomic mass is 16.5. The number of ether oxygens (including phenoxy) is 1. The summed E-state index contributed by atoms with van der Waals surface area (Å²) >= 11 is 0. The largest absolute Gasteiger partial charge is 0.508 e. The number of phenolic OH excluding ortho intramolecular Hbond substituents is 1. The normalized spacial score (nSPS) is 25.9. The molecule has 0 aliphatic carbocycles. The number of hydrazine groups is 1. The molecule has 0 aromatic heterocycles. The highest BCUT2D eigenvalue weighted by molar-refractivity contribution is 5.86. The molecule has 0 saturated carbocycles. The van der Waals surface area contributed by atoms with Crippen LogP contribution in [0.15, 0.2) is 55.1 Å². The number of nitrogens with zero attached hydrogens (tertiary/aromatic N) is 1. The number of amides is 1. The van der Waals surface area contributed by atoms with Crippen molar-refractivity contribution in [2.75, 3.05) is 13.2 Å². The maximum absolute atomic E-state index is 13.2. The Morgan fingerprint density at radius 3 is 2.76 bits per heavy atom. The highest BCUT2D eigenvalue weighted by Crippen LogP contribution is 2.48.